The average molecular weight is 396 g/mol. The van der Waals surface area contributed by atoms with Crippen LogP contribution in [0.1, 0.15) is 19.2 Å². The molecule has 9 heteroatoms. The number of ether oxygens (including phenoxy) is 1. The van der Waals surface area contributed by atoms with Crippen LogP contribution in [0, 0.1) is 0 Å². The Bertz CT molecular complexity index is 434. The highest BCUT2D eigenvalue weighted by Crippen LogP contribution is 1.93. The van der Waals surface area contributed by atoms with E-state index in [1.807, 2.05) is 14.0 Å². The lowest BCUT2D eigenvalue weighted by Crippen LogP contribution is -2.38. The Morgan fingerprint density at radius 1 is 1.50 bits per heavy atom. The number of nitrogens with one attached hydrogen (secondary N) is 2. The summed E-state index contributed by atoms with van der Waals surface area (Å²) in [5, 5.41) is 10.1. The molecule has 1 heterocycles. The molecule has 0 amide bonds. The van der Waals surface area contributed by atoms with Gasteiger partial charge in [0.15, 0.2) is 5.96 Å². The van der Waals surface area contributed by atoms with Gasteiger partial charge in [-0.05, 0) is 6.92 Å². The lowest BCUT2D eigenvalue weighted by atomic mass is 10.4. The lowest BCUT2D eigenvalue weighted by molar-refractivity contribution is -0.140. The van der Waals surface area contributed by atoms with Crippen molar-refractivity contribution in [3.8, 4) is 0 Å². The maximum absolute atomic E-state index is 11.0. The molecule has 2 N–H and O–H groups in total. The molecule has 0 aliphatic carbocycles. The smallest absolute Gasteiger partial charge is 0.307 e. The minimum atomic E-state index is -0.253. The number of nitrogens with zero attached hydrogens (tertiary/aromatic N) is 4. The normalized spacial score (nSPS) is 10.7. The van der Waals surface area contributed by atoms with Crippen LogP contribution in [-0.4, -0.2) is 46.9 Å². The zero-order valence-electron chi connectivity index (χ0n) is 11.9. The molecule has 0 radical (unpaired) electrons. The molecule has 0 aliphatic rings. The lowest BCUT2D eigenvalue weighted by Gasteiger charge is -2.10. The van der Waals surface area contributed by atoms with Crippen molar-refractivity contribution in [2.75, 3.05) is 20.2 Å². The van der Waals surface area contributed by atoms with E-state index in [1.165, 1.54) is 13.4 Å². The first-order valence-corrected chi connectivity index (χ1v) is 6.09. The molecule has 0 bridgehead atoms. The van der Waals surface area contributed by atoms with Crippen LogP contribution in [0.4, 0.5) is 0 Å². The van der Waals surface area contributed by atoms with Gasteiger partial charge in [-0.3, -0.25) is 9.48 Å². The molecular formula is C11H21IN6O2. The molecule has 1 aromatic heterocycles. The number of hydrogen-bond acceptors (Lipinski definition) is 5. The fraction of sp³-hybridized carbons (Fsp3) is 0.636. The third kappa shape index (κ3) is 6.68. The molecule has 0 aliphatic heterocycles. The van der Waals surface area contributed by atoms with Gasteiger partial charge < -0.3 is 15.4 Å². The summed E-state index contributed by atoms with van der Waals surface area (Å²) < 4.78 is 6.23. The van der Waals surface area contributed by atoms with Crippen molar-refractivity contribution in [1.82, 2.24) is 25.4 Å². The molecule has 0 atom stereocenters. The summed E-state index contributed by atoms with van der Waals surface area (Å²) >= 11 is 0. The number of guanidine groups is 1. The second-order valence-electron chi connectivity index (χ2n) is 3.75. The van der Waals surface area contributed by atoms with Gasteiger partial charge in [0.05, 0.1) is 13.5 Å². The van der Waals surface area contributed by atoms with Crippen molar-refractivity contribution in [3.63, 3.8) is 0 Å². The molecule has 1 aromatic rings. The maximum Gasteiger partial charge on any atom is 0.307 e. The standard InChI is InChI=1S/C11H20N6O2.HI/c1-4-12-11(13-6-5-10(18)19-3)14-7-9-15-8-16-17(9)2;/h8H,4-7H2,1-3H3,(H2,12,13,14);1H. The fourth-order valence-electron chi connectivity index (χ4n) is 1.34. The molecule has 0 fully saturated rings. The van der Waals surface area contributed by atoms with Gasteiger partial charge in [-0.2, -0.15) is 5.10 Å². The van der Waals surface area contributed by atoms with E-state index in [1.54, 1.807) is 4.68 Å². The minimum Gasteiger partial charge on any atom is -0.469 e. The quantitative estimate of drug-likeness (QED) is 0.306. The predicted octanol–water partition coefficient (Wildman–Crippen LogP) is 0.0513. The summed E-state index contributed by atoms with van der Waals surface area (Å²) in [5.41, 5.74) is 0. The first-order chi connectivity index (χ1) is 9.17. The Morgan fingerprint density at radius 2 is 2.25 bits per heavy atom. The first kappa shape index (κ1) is 18.6. The summed E-state index contributed by atoms with van der Waals surface area (Å²) in [5.74, 6) is 1.15. The second kappa shape index (κ2) is 10.4. The maximum atomic E-state index is 11.0. The van der Waals surface area contributed by atoms with Crippen molar-refractivity contribution in [3.05, 3.63) is 12.2 Å². The molecule has 8 nitrogen and oxygen atoms in total. The molecule has 20 heavy (non-hydrogen) atoms. The third-order valence-electron chi connectivity index (χ3n) is 2.38. The van der Waals surface area contributed by atoms with Gasteiger partial charge in [-0.25, -0.2) is 9.98 Å². The molecule has 0 spiro atoms. The highest BCUT2D eigenvalue weighted by Gasteiger charge is 2.03. The topological polar surface area (TPSA) is 93.4 Å². The summed E-state index contributed by atoms with van der Waals surface area (Å²) in [4.78, 5) is 19.4. The number of halogens is 1. The van der Waals surface area contributed by atoms with Crippen molar-refractivity contribution in [1.29, 1.82) is 0 Å². The van der Waals surface area contributed by atoms with E-state index in [-0.39, 0.29) is 29.9 Å². The number of methoxy groups -OCH3 is 1. The van der Waals surface area contributed by atoms with Crippen LogP contribution < -0.4 is 10.6 Å². The average Bonchev–Trinajstić information content (AvgIpc) is 2.81. The third-order valence-corrected chi connectivity index (χ3v) is 2.38. The largest absolute Gasteiger partial charge is 0.469 e. The molecule has 0 unspecified atom stereocenters. The van der Waals surface area contributed by atoms with Gasteiger partial charge >= 0.3 is 5.97 Å². The van der Waals surface area contributed by atoms with Crippen LogP contribution in [0.3, 0.4) is 0 Å². The minimum absolute atomic E-state index is 0. The summed E-state index contributed by atoms with van der Waals surface area (Å²) in [6, 6.07) is 0. The van der Waals surface area contributed by atoms with E-state index in [9.17, 15) is 4.79 Å². The Kier molecular flexibility index (Phi) is 9.68. The van der Waals surface area contributed by atoms with Crippen LogP contribution in [0.5, 0.6) is 0 Å². The highest BCUT2D eigenvalue weighted by atomic mass is 127. The van der Waals surface area contributed by atoms with Crippen LogP contribution in [0.25, 0.3) is 0 Å². The van der Waals surface area contributed by atoms with E-state index < -0.39 is 0 Å². The number of carbonyl (C=O) groups excluding carboxylic acids is 1. The molecule has 0 saturated heterocycles. The zero-order valence-corrected chi connectivity index (χ0v) is 14.2. The Labute approximate surface area is 135 Å². The van der Waals surface area contributed by atoms with Gasteiger partial charge in [0.25, 0.3) is 0 Å². The number of carbonyl (C=O) groups is 1. The SMILES string of the molecule is CCNC(=NCc1ncnn1C)NCCC(=O)OC.I. The van der Waals surface area contributed by atoms with Crippen molar-refractivity contribution >= 4 is 35.9 Å². The van der Waals surface area contributed by atoms with E-state index in [4.69, 9.17) is 0 Å². The number of esters is 1. The number of aromatic nitrogens is 3. The summed E-state index contributed by atoms with van der Waals surface area (Å²) in [6.07, 6.45) is 1.79. The highest BCUT2D eigenvalue weighted by molar-refractivity contribution is 14.0. The van der Waals surface area contributed by atoms with E-state index in [0.717, 1.165) is 12.4 Å². The van der Waals surface area contributed by atoms with Gasteiger partial charge in [0, 0.05) is 20.1 Å². The van der Waals surface area contributed by atoms with Gasteiger partial charge in [0.1, 0.15) is 18.7 Å². The van der Waals surface area contributed by atoms with Crippen molar-refractivity contribution in [2.45, 2.75) is 19.9 Å². The van der Waals surface area contributed by atoms with Gasteiger partial charge in [-0.15, -0.1) is 24.0 Å². The van der Waals surface area contributed by atoms with Crippen molar-refractivity contribution in [2.24, 2.45) is 12.0 Å². The fourth-order valence-corrected chi connectivity index (χ4v) is 1.34. The van der Waals surface area contributed by atoms with Crippen LogP contribution in [-0.2, 0) is 23.1 Å². The number of aliphatic imine (C=N–C) groups is 1. The number of aryl methyl sites for hydroxylation is 1. The molecule has 114 valence electrons. The van der Waals surface area contributed by atoms with Crippen molar-refractivity contribution < 1.29 is 9.53 Å². The predicted molar refractivity (Wildman–Crippen MR) is 85.9 cm³/mol. The van der Waals surface area contributed by atoms with Gasteiger partial charge in [-0.1, -0.05) is 0 Å². The van der Waals surface area contributed by atoms with Crippen LogP contribution >= 0.6 is 24.0 Å². The Hall–Kier alpha value is -1.39. The second-order valence-corrected chi connectivity index (χ2v) is 3.75. The molecule has 0 aromatic carbocycles. The first-order valence-electron chi connectivity index (χ1n) is 6.09. The molecular weight excluding hydrogens is 375 g/mol. The zero-order chi connectivity index (χ0) is 14.1. The Morgan fingerprint density at radius 3 is 2.80 bits per heavy atom. The van der Waals surface area contributed by atoms with Crippen LogP contribution in [0.15, 0.2) is 11.3 Å². The summed E-state index contributed by atoms with van der Waals surface area (Å²) in [6.45, 7) is 3.60. The van der Waals surface area contributed by atoms with E-state index >= 15 is 0 Å². The van der Waals surface area contributed by atoms with Gasteiger partial charge in [0.2, 0.25) is 0 Å². The molecule has 0 saturated carbocycles. The summed E-state index contributed by atoms with van der Waals surface area (Å²) in [7, 11) is 3.19. The van der Waals surface area contributed by atoms with E-state index in [2.05, 4.69) is 30.4 Å². The number of rotatable bonds is 6. The Balaban J connectivity index is 0.00000361. The van der Waals surface area contributed by atoms with E-state index in [0.29, 0.717) is 25.5 Å². The molecule has 1 rings (SSSR count). The monoisotopic (exact) mass is 396 g/mol. The number of hydrogen-bond donors (Lipinski definition) is 2. The van der Waals surface area contributed by atoms with Crippen LogP contribution in [0.2, 0.25) is 0 Å².